The average Bonchev–Trinajstić information content (AvgIpc) is 2.43. The first-order valence-corrected chi connectivity index (χ1v) is 6.63. The molecule has 0 saturated heterocycles. The van der Waals surface area contributed by atoms with Crippen molar-refractivity contribution >= 4 is 29.2 Å². The number of nitrogens with one attached hydrogen (secondary N) is 1. The number of nitrogens with zero attached hydrogens (tertiary/aromatic N) is 1. The largest absolute Gasteiger partial charge is 0.480 e. The Bertz CT molecular complexity index is 576. The molecule has 0 aliphatic rings. The molecule has 0 aliphatic carbocycles. The fraction of sp³-hybridized carbons (Fsp3) is 0.385. The minimum Gasteiger partial charge on any atom is -0.480 e. The summed E-state index contributed by atoms with van der Waals surface area (Å²) in [5.74, 6) is -2.21. The van der Waals surface area contributed by atoms with Crippen LogP contribution in [0.15, 0.2) is 18.2 Å². The summed E-state index contributed by atoms with van der Waals surface area (Å²) in [5.41, 5.74) is -0.416. The molecule has 114 valence electrons. The second-order valence-electron chi connectivity index (χ2n) is 4.60. The number of carbonyl (C=O) groups is 2. The number of benzene rings is 1. The van der Waals surface area contributed by atoms with Crippen LogP contribution in [0.2, 0.25) is 5.02 Å². The van der Waals surface area contributed by atoms with Crippen molar-refractivity contribution in [2.24, 2.45) is 5.92 Å². The molecule has 0 spiro atoms. The summed E-state index contributed by atoms with van der Waals surface area (Å²) in [5, 5.41) is 22.2. The van der Waals surface area contributed by atoms with Gasteiger partial charge < -0.3 is 10.4 Å². The maximum Gasteiger partial charge on any atom is 0.326 e. The lowest BCUT2D eigenvalue weighted by Gasteiger charge is -2.20. The van der Waals surface area contributed by atoms with Crippen molar-refractivity contribution in [2.75, 3.05) is 0 Å². The number of rotatable bonds is 6. The second kappa shape index (κ2) is 7.03. The predicted octanol–water partition coefficient (Wildman–Crippen LogP) is 2.48. The number of nitro benzene ring substituents is 1. The number of carboxylic acids is 1. The van der Waals surface area contributed by atoms with Crippen LogP contribution < -0.4 is 5.32 Å². The Morgan fingerprint density at radius 1 is 1.48 bits per heavy atom. The van der Waals surface area contributed by atoms with Gasteiger partial charge in [-0.3, -0.25) is 14.9 Å². The fourth-order valence-corrected chi connectivity index (χ4v) is 1.91. The maximum absolute atomic E-state index is 12.1. The SMILES string of the molecule is CCC(C)[C@H](NC(=O)c1cc([N+](=O)[O-])ccc1Cl)C(=O)O. The molecule has 0 radical (unpaired) electrons. The van der Waals surface area contributed by atoms with Crippen LogP contribution in [0.3, 0.4) is 0 Å². The second-order valence-corrected chi connectivity index (χ2v) is 5.00. The van der Waals surface area contributed by atoms with Gasteiger partial charge in [-0.15, -0.1) is 0 Å². The highest BCUT2D eigenvalue weighted by atomic mass is 35.5. The van der Waals surface area contributed by atoms with Gasteiger partial charge in [0.1, 0.15) is 6.04 Å². The lowest BCUT2D eigenvalue weighted by molar-refractivity contribution is -0.384. The van der Waals surface area contributed by atoms with E-state index in [1.807, 2.05) is 0 Å². The van der Waals surface area contributed by atoms with E-state index >= 15 is 0 Å². The van der Waals surface area contributed by atoms with Gasteiger partial charge in [0.05, 0.1) is 15.5 Å². The molecule has 1 aromatic rings. The number of hydrogen-bond donors (Lipinski definition) is 2. The summed E-state index contributed by atoms with van der Waals surface area (Å²) in [6, 6.07) is 2.33. The van der Waals surface area contributed by atoms with Gasteiger partial charge in [0.2, 0.25) is 0 Å². The van der Waals surface area contributed by atoms with Crippen LogP contribution >= 0.6 is 11.6 Å². The maximum atomic E-state index is 12.1. The van der Waals surface area contributed by atoms with E-state index in [0.29, 0.717) is 6.42 Å². The van der Waals surface area contributed by atoms with Crippen LogP contribution in [0.5, 0.6) is 0 Å². The minimum absolute atomic E-state index is 0.0198. The van der Waals surface area contributed by atoms with Gasteiger partial charge in [0.25, 0.3) is 11.6 Å². The van der Waals surface area contributed by atoms with E-state index in [1.54, 1.807) is 13.8 Å². The van der Waals surface area contributed by atoms with Gasteiger partial charge in [-0.2, -0.15) is 0 Å². The fourth-order valence-electron chi connectivity index (χ4n) is 1.70. The van der Waals surface area contributed by atoms with Crippen LogP contribution in [0.4, 0.5) is 5.69 Å². The molecule has 8 heteroatoms. The zero-order valence-corrected chi connectivity index (χ0v) is 12.3. The van der Waals surface area contributed by atoms with Crippen LogP contribution in [0.25, 0.3) is 0 Å². The molecule has 0 aliphatic heterocycles. The third kappa shape index (κ3) is 4.16. The van der Waals surface area contributed by atoms with Gasteiger partial charge in [-0.05, 0) is 12.0 Å². The Balaban J connectivity index is 3.05. The van der Waals surface area contributed by atoms with Gasteiger partial charge in [-0.1, -0.05) is 31.9 Å². The highest BCUT2D eigenvalue weighted by molar-refractivity contribution is 6.34. The Morgan fingerprint density at radius 3 is 2.57 bits per heavy atom. The van der Waals surface area contributed by atoms with Gasteiger partial charge >= 0.3 is 5.97 Å². The van der Waals surface area contributed by atoms with Crippen molar-refractivity contribution < 1.29 is 19.6 Å². The number of hydrogen-bond acceptors (Lipinski definition) is 4. The summed E-state index contributed by atoms with van der Waals surface area (Å²) in [7, 11) is 0. The first-order chi connectivity index (χ1) is 9.77. The molecule has 0 bridgehead atoms. The molecular formula is C13H15ClN2O5. The number of non-ortho nitro benzene ring substituents is 1. The number of nitro groups is 1. The van der Waals surface area contributed by atoms with Crippen molar-refractivity contribution in [3.63, 3.8) is 0 Å². The molecule has 21 heavy (non-hydrogen) atoms. The lowest BCUT2D eigenvalue weighted by atomic mass is 9.99. The minimum atomic E-state index is -1.17. The number of aliphatic carboxylic acids is 1. The molecule has 0 heterocycles. The van der Waals surface area contributed by atoms with E-state index in [4.69, 9.17) is 16.7 Å². The molecule has 0 fully saturated rings. The molecule has 1 rings (SSSR count). The van der Waals surface area contributed by atoms with E-state index in [0.717, 1.165) is 6.07 Å². The summed E-state index contributed by atoms with van der Waals surface area (Å²) >= 11 is 5.84. The highest BCUT2D eigenvalue weighted by Gasteiger charge is 2.27. The Labute approximate surface area is 126 Å². The number of carboxylic acid groups (broad SMARTS) is 1. The molecular weight excluding hydrogens is 300 g/mol. The monoisotopic (exact) mass is 314 g/mol. The highest BCUT2D eigenvalue weighted by Crippen LogP contribution is 2.22. The van der Waals surface area contributed by atoms with Crippen LogP contribution in [-0.4, -0.2) is 27.9 Å². The molecule has 0 saturated carbocycles. The summed E-state index contributed by atoms with van der Waals surface area (Å²) in [6.45, 7) is 3.49. The smallest absolute Gasteiger partial charge is 0.326 e. The summed E-state index contributed by atoms with van der Waals surface area (Å²) < 4.78 is 0. The van der Waals surface area contributed by atoms with E-state index in [1.165, 1.54) is 12.1 Å². The number of halogens is 1. The quantitative estimate of drug-likeness (QED) is 0.619. The van der Waals surface area contributed by atoms with E-state index in [9.17, 15) is 19.7 Å². The lowest BCUT2D eigenvalue weighted by Crippen LogP contribution is -2.45. The number of carbonyl (C=O) groups excluding carboxylic acids is 1. The van der Waals surface area contributed by atoms with Crippen LogP contribution in [-0.2, 0) is 4.79 Å². The Morgan fingerprint density at radius 2 is 2.10 bits per heavy atom. The van der Waals surface area contributed by atoms with Crippen molar-refractivity contribution in [3.05, 3.63) is 38.9 Å². The van der Waals surface area contributed by atoms with Crippen LogP contribution in [0, 0.1) is 16.0 Å². The molecule has 7 nitrogen and oxygen atoms in total. The number of amides is 1. The van der Waals surface area contributed by atoms with Crippen LogP contribution in [0.1, 0.15) is 30.6 Å². The molecule has 1 amide bonds. The van der Waals surface area contributed by atoms with Gasteiger partial charge in [0.15, 0.2) is 0 Å². The van der Waals surface area contributed by atoms with Crippen molar-refractivity contribution in [3.8, 4) is 0 Å². The molecule has 1 unspecified atom stereocenters. The van der Waals surface area contributed by atoms with E-state index in [-0.39, 0.29) is 22.2 Å². The van der Waals surface area contributed by atoms with Gasteiger partial charge in [-0.25, -0.2) is 4.79 Å². The first-order valence-electron chi connectivity index (χ1n) is 6.25. The first kappa shape index (κ1) is 16.9. The zero-order valence-electron chi connectivity index (χ0n) is 11.5. The summed E-state index contributed by atoms with van der Waals surface area (Å²) in [4.78, 5) is 33.3. The van der Waals surface area contributed by atoms with Crippen molar-refractivity contribution in [1.82, 2.24) is 5.32 Å². The topological polar surface area (TPSA) is 110 Å². The van der Waals surface area contributed by atoms with Gasteiger partial charge in [0, 0.05) is 12.1 Å². The van der Waals surface area contributed by atoms with Crippen molar-refractivity contribution in [1.29, 1.82) is 0 Å². The van der Waals surface area contributed by atoms with E-state index < -0.39 is 22.8 Å². The average molecular weight is 315 g/mol. The molecule has 0 aromatic heterocycles. The molecule has 2 N–H and O–H groups in total. The Hall–Kier alpha value is -2.15. The summed E-state index contributed by atoms with van der Waals surface area (Å²) in [6.07, 6.45) is 0.555. The Kier molecular flexibility index (Phi) is 5.66. The predicted molar refractivity (Wildman–Crippen MR) is 76.5 cm³/mol. The molecule has 1 aromatic carbocycles. The molecule has 2 atom stereocenters. The normalized spacial score (nSPS) is 13.3. The zero-order chi connectivity index (χ0) is 16.2. The third-order valence-corrected chi connectivity index (χ3v) is 3.50. The standard InChI is InChI=1S/C13H15ClN2O5/c1-3-7(2)11(13(18)19)15-12(17)9-6-8(16(20)21)4-5-10(9)14/h4-7,11H,3H2,1-2H3,(H,15,17)(H,18,19)/t7?,11-/m0/s1. The third-order valence-electron chi connectivity index (χ3n) is 3.17. The van der Waals surface area contributed by atoms with Crippen molar-refractivity contribution in [2.45, 2.75) is 26.3 Å². The van der Waals surface area contributed by atoms with E-state index in [2.05, 4.69) is 5.32 Å².